The maximum absolute atomic E-state index is 12.8. The number of carbonyl (C=O) groups is 1. The molecule has 126 valence electrons. The molecule has 2 aromatic rings. The van der Waals surface area contributed by atoms with E-state index in [0.29, 0.717) is 29.9 Å². The molecule has 8 heteroatoms. The molecular formula is C16H15F3N4O. The summed E-state index contributed by atoms with van der Waals surface area (Å²) in [5.74, 6) is 0.118. The summed E-state index contributed by atoms with van der Waals surface area (Å²) in [7, 11) is 0. The predicted molar refractivity (Wildman–Crippen MR) is 79.8 cm³/mol. The van der Waals surface area contributed by atoms with Gasteiger partial charge in [0.05, 0.1) is 17.7 Å². The van der Waals surface area contributed by atoms with E-state index in [-0.39, 0.29) is 19.0 Å². The van der Waals surface area contributed by atoms with Crippen molar-refractivity contribution in [3.63, 3.8) is 0 Å². The molecule has 0 unspecified atom stereocenters. The van der Waals surface area contributed by atoms with E-state index in [1.54, 1.807) is 0 Å². The van der Waals surface area contributed by atoms with Gasteiger partial charge in [-0.3, -0.25) is 4.79 Å². The first-order chi connectivity index (χ1) is 11.4. The quantitative estimate of drug-likeness (QED) is 0.912. The monoisotopic (exact) mass is 336 g/mol. The van der Waals surface area contributed by atoms with Crippen molar-refractivity contribution in [2.75, 3.05) is 6.54 Å². The summed E-state index contributed by atoms with van der Waals surface area (Å²) in [4.78, 5) is 21.9. The predicted octanol–water partition coefficient (Wildman–Crippen LogP) is 2.15. The third kappa shape index (κ3) is 3.23. The van der Waals surface area contributed by atoms with Crippen LogP contribution in [0.3, 0.4) is 0 Å². The van der Waals surface area contributed by atoms with Crippen LogP contribution in [0.4, 0.5) is 13.2 Å². The number of hydrogen-bond donors (Lipinski definition) is 1. The first-order valence-corrected chi connectivity index (χ1v) is 7.38. The molecule has 5 nitrogen and oxygen atoms in total. The lowest BCUT2D eigenvalue weighted by Gasteiger charge is -2.29. The Labute approximate surface area is 136 Å². The Bertz CT molecular complexity index is 759. The van der Waals surface area contributed by atoms with Gasteiger partial charge in [-0.2, -0.15) is 13.2 Å². The Morgan fingerprint density at radius 2 is 1.92 bits per heavy atom. The van der Waals surface area contributed by atoms with Crippen molar-refractivity contribution in [3.8, 4) is 0 Å². The summed E-state index contributed by atoms with van der Waals surface area (Å²) >= 11 is 0. The Kier molecular flexibility index (Phi) is 4.23. The van der Waals surface area contributed by atoms with E-state index in [0.717, 1.165) is 17.7 Å². The summed E-state index contributed by atoms with van der Waals surface area (Å²) < 4.78 is 38.5. The molecule has 0 radical (unpaired) electrons. The second kappa shape index (κ2) is 6.20. The van der Waals surface area contributed by atoms with Gasteiger partial charge < -0.3 is 10.6 Å². The molecule has 0 fully saturated rings. The van der Waals surface area contributed by atoms with Crippen molar-refractivity contribution in [1.29, 1.82) is 0 Å². The zero-order valence-corrected chi connectivity index (χ0v) is 12.7. The van der Waals surface area contributed by atoms with Crippen molar-refractivity contribution >= 4 is 5.91 Å². The number of nitrogens with zero attached hydrogens (tertiary/aromatic N) is 3. The molecule has 1 aromatic carbocycles. The fourth-order valence-electron chi connectivity index (χ4n) is 2.66. The number of amides is 1. The van der Waals surface area contributed by atoms with Gasteiger partial charge in [0.1, 0.15) is 5.82 Å². The molecule has 0 atom stereocenters. The van der Waals surface area contributed by atoms with Crippen molar-refractivity contribution < 1.29 is 18.0 Å². The van der Waals surface area contributed by atoms with Gasteiger partial charge in [0, 0.05) is 25.5 Å². The number of hydrogen-bond acceptors (Lipinski definition) is 4. The summed E-state index contributed by atoms with van der Waals surface area (Å²) in [6.07, 6.45) is -1.10. The van der Waals surface area contributed by atoms with Crippen LogP contribution in [-0.2, 0) is 25.7 Å². The number of halogens is 3. The number of alkyl halides is 3. The molecule has 2 heterocycles. The van der Waals surface area contributed by atoms with Crippen LogP contribution in [0.1, 0.15) is 32.9 Å². The van der Waals surface area contributed by atoms with Crippen LogP contribution in [0.15, 0.2) is 30.6 Å². The lowest BCUT2D eigenvalue weighted by atomic mass is 9.97. The fourth-order valence-corrected chi connectivity index (χ4v) is 2.66. The van der Waals surface area contributed by atoms with E-state index in [1.165, 1.54) is 23.4 Å². The second-order valence-corrected chi connectivity index (χ2v) is 5.55. The fraction of sp³-hybridized carbons (Fsp3) is 0.312. The molecular weight excluding hydrogens is 321 g/mol. The Morgan fingerprint density at radius 3 is 2.54 bits per heavy atom. The molecule has 3 rings (SSSR count). The van der Waals surface area contributed by atoms with Crippen molar-refractivity contribution in [2.24, 2.45) is 5.73 Å². The first-order valence-electron chi connectivity index (χ1n) is 7.38. The molecule has 1 aliphatic rings. The van der Waals surface area contributed by atoms with Gasteiger partial charge >= 0.3 is 6.18 Å². The van der Waals surface area contributed by atoms with Crippen LogP contribution in [0.5, 0.6) is 0 Å². The van der Waals surface area contributed by atoms with Crippen molar-refractivity contribution in [1.82, 2.24) is 14.9 Å². The van der Waals surface area contributed by atoms with Gasteiger partial charge in [0.2, 0.25) is 0 Å². The number of fused-ring (bicyclic) bond motifs is 1. The maximum atomic E-state index is 12.8. The molecule has 1 aromatic heterocycles. The van der Waals surface area contributed by atoms with Gasteiger partial charge in [-0.25, -0.2) is 9.97 Å². The molecule has 0 saturated carbocycles. The largest absolute Gasteiger partial charge is 0.416 e. The molecule has 24 heavy (non-hydrogen) atoms. The van der Waals surface area contributed by atoms with Crippen LogP contribution in [0.2, 0.25) is 0 Å². The zero-order chi connectivity index (χ0) is 17.3. The Hall–Kier alpha value is -2.48. The number of aromatic nitrogens is 2. The second-order valence-electron chi connectivity index (χ2n) is 5.55. The molecule has 1 amide bonds. The van der Waals surface area contributed by atoms with Crippen LogP contribution in [0.25, 0.3) is 0 Å². The zero-order valence-electron chi connectivity index (χ0n) is 12.7. The summed E-state index contributed by atoms with van der Waals surface area (Å²) in [6, 6.07) is 3.68. The SMILES string of the molecule is NCc1ncc(C(=O)N2CCc3ccc(C(F)(F)F)cc3C2)cn1. The number of nitrogens with two attached hydrogens (primary N) is 1. The third-order valence-corrected chi connectivity index (χ3v) is 3.97. The lowest BCUT2D eigenvalue weighted by Crippen LogP contribution is -2.36. The van der Waals surface area contributed by atoms with E-state index in [9.17, 15) is 18.0 Å². The molecule has 0 spiro atoms. The van der Waals surface area contributed by atoms with E-state index >= 15 is 0 Å². The lowest BCUT2D eigenvalue weighted by molar-refractivity contribution is -0.137. The minimum Gasteiger partial charge on any atom is -0.334 e. The number of benzene rings is 1. The third-order valence-electron chi connectivity index (χ3n) is 3.97. The first kappa shape index (κ1) is 16.4. The summed E-state index contributed by atoms with van der Waals surface area (Å²) in [5.41, 5.74) is 6.35. The molecule has 0 bridgehead atoms. The smallest absolute Gasteiger partial charge is 0.334 e. The molecule has 1 aliphatic heterocycles. The minimum absolute atomic E-state index is 0.136. The highest BCUT2D eigenvalue weighted by Gasteiger charge is 2.32. The summed E-state index contributed by atoms with van der Waals surface area (Å²) in [6.45, 7) is 0.748. The van der Waals surface area contributed by atoms with Crippen molar-refractivity contribution in [2.45, 2.75) is 25.7 Å². The van der Waals surface area contributed by atoms with Crippen LogP contribution in [-0.4, -0.2) is 27.3 Å². The van der Waals surface area contributed by atoms with Crippen molar-refractivity contribution in [3.05, 3.63) is 58.7 Å². The van der Waals surface area contributed by atoms with Gasteiger partial charge in [-0.15, -0.1) is 0 Å². The standard InChI is InChI=1S/C16H15F3N4O/c17-16(18,19)13-2-1-10-3-4-23(9-11(10)5-13)15(24)12-7-21-14(6-20)22-8-12/h1-2,5,7-8H,3-4,6,9,20H2. The average molecular weight is 336 g/mol. The molecule has 2 N–H and O–H groups in total. The average Bonchev–Trinajstić information content (AvgIpc) is 2.59. The highest BCUT2D eigenvalue weighted by atomic mass is 19.4. The van der Waals surface area contributed by atoms with Gasteiger partial charge in [0.25, 0.3) is 5.91 Å². The molecule has 0 saturated heterocycles. The Morgan fingerprint density at radius 1 is 1.21 bits per heavy atom. The molecule has 0 aliphatic carbocycles. The topological polar surface area (TPSA) is 72.1 Å². The van der Waals surface area contributed by atoms with Gasteiger partial charge in [0.15, 0.2) is 0 Å². The summed E-state index contributed by atoms with van der Waals surface area (Å²) in [5, 5.41) is 0. The van der Waals surface area contributed by atoms with E-state index in [4.69, 9.17) is 5.73 Å². The maximum Gasteiger partial charge on any atom is 0.416 e. The number of carbonyl (C=O) groups excluding carboxylic acids is 1. The number of rotatable bonds is 2. The normalized spacial score (nSPS) is 14.4. The van der Waals surface area contributed by atoms with Crippen LogP contribution < -0.4 is 5.73 Å². The van der Waals surface area contributed by atoms with Gasteiger partial charge in [-0.1, -0.05) is 6.07 Å². The highest BCUT2D eigenvalue weighted by Crippen LogP contribution is 2.32. The van der Waals surface area contributed by atoms with Crippen LogP contribution >= 0.6 is 0 Å². The highest BCUT2D eigenvalue weighted by molar-refractivity contribution is 5.93. The van der Waals surface area contributed by atoms with Crippen LogP contribution in [0, 0.1) is 0 Å². The van der Waals surface area contributed by atoms with E-state index < -0.39 is 11.7 Å². The van der Waals surface area contributed by atoms with E-state index in [1.807, 2.05) is 0 Å². The minimum atomic E-state index is -4.40. The Balaban J connectivity index is 1.81. The van der Waals surface area contributed by atoms with Gasteiger partial charge in [-0.05, 0) is 29.7 Å². The van der Waals surface area contributed by atoms with E-state index in [2.05, 4.69) is 9.97 Å².